The minimum Gasteiger partial charge on any atom is -0.271 e. The van der Waals surface area contributed by atoms with Gasteiger partial charge in [0.25, 0.3) is 0 Å². The molecule has 3 heteroatoms. The predicted molar refractivity (Wildman–Crippen MR) is 79.9 cm³/mol. The molecule has 18 heavy (non-hydrogen) atoms. The van der Waals surface area contributed by atoms with Crippen LogP contribution in [0, 0.1) is 11.8 Å². The van der Waals surface area contributed by atoms with Crippen LogP contribution in [0.5, 0.6) is 0 Å². The number of benzene rings is 1. The number of nitrogens with one attached hydrogen (secondary N) is 1. The molecule has 0 amide bonds. The third-order valence-electron chi connectivity index (χ3n) is 4.33. The molecule has 3 N–H and O–H groups in total. The normalized spacial score (nSPS) is 25.9. The first kappa shape index (κ1) is 14.0. The molecule has 3 unspecified atom stereocenters. The standard InChI is InChI=1S/C15H23BrN2/c1-2-11-5-3-4-6-14(11)15(18-17)12-7-9-13(16)10-8-12/h7-11,14-15,18H,2-6,17H2,1H3. The molecule has 0 spiro atoms. The smallest absolute Gasteiger partial charge is 0.0490 e. The van der Waals surface area contributed by atoms with Crippen LogP contribution in [-0.2, 0) is 0 Å². The van der Waals surface area contributed by atoms with Gasteiger partial charge in [-0.3, -0.25) is 11.3 Å². The zero-order valence-corrected chi connectivity index (χ0v) is 12.6. The van der Waals surface area contributed by atoms with Gasteiger partial charge in [0.1, 0.15) is 0 Å². The van der Waals surface area contributed by atoms with E-state index in [0.29, 0.717) is 12.0 Å². The second-order valence-electron chi connectivity index (χ2n) is 5.31. The van der Waals surface area contributed by atoms with Crippen molar-refractivity contribution in [3.05, 3.63) is 34.3 Å². The summed E-state index contributed by atoms with van der Waals surface area (Å²) in [5.41, 5.74) is 4.37. The van der Waals surface area contributed by atoms with Crippen LogP contribution in [0.2, 0.25) is 0 Å². The Labute approximate surface area is 118 Å². The zero-order valence-electron chi connectivity index (χ0n) is 11.0. The minimum atomic E-state index is 0.295. The lowest BCUT2D eigenvalue weighted by Gasteiger charge is -2.36. The van der Waals surface area contributed by atoms with Gasteiger partial charge in [-0.25, -0.2) is 0 Å². The van der Waals surface area contributed by atoms with Gasteiger partial charge in [-0.05, 0) is 36.0 Å². The Morgan fingerprint density at radius 3 is 2.56 bits per heavy atom. The highest BCUT2D eigenvalue weighted by Gasteiger charge is 2.30. The number of nitrogens with two attached hydrogens (primary N) is 1. The SMILES string of the molecule is CCC1CCCCC1C(NN)c1ccc(Br)cc1. The zero-order chi connectivity index (χ0) is 13.0. The van der Waals surface area contributed by atoms with Crippen LogP contribution in [-0.4, -0.2) is 0 Å². The molecule has 2 rings (SSSR count). The summed E-state index contributed by atoms with van der Waals surface area (Å²) in [7, 11) is 0. The summed E-state index contributed by atoms with van der Waals surface area (Å²) in [5, 5.41) is 0. The number of hydrogen-bond acceptors (Lipinski definition) is 2. The van der Waals surface area contributed by atoms with Gasteiger partial charge in [0, 0.05) is 10.5 Å². The first-order chi connectivity index (χ1) is 8.76. The largest absolute Gasteiger partial charge is 0.271 e. The lowest BCUT2D eigenvalue weighted by atomic mass is 9.72. The number of hydrazine groups is 1. The maximum Gasteiger partial charge on any atom is 0.0490 e. The Morgan fingerprint density at radius 2 is 1.94 bits per heavy atom. The van der Waals surface area contributed by atoms with Gasteiger partial charge in [0.2, 0.25) is 0 Å². The van der Waals surface area contributed by atoms with E-state index >= 15 is 0 Å². The molecule has 0 aliphatic heterocycles. The fourth-order valence-electron chi connectivity index (χ4n) is 3.32. The van der Waals surface area contributed by atoms with E-state index in [1.807, 2.05) is 0 Å². The number of rotatable bonds is 4. The Morgan fingerprint density at radius 1 is 1.28 bits per heavy atom. The van der Waals surface area contributed by atoms with Gasteiger partial charge in [-0.2, -0.15) is 0 Å². The summed E-state index contributed by atoms with van der Waals surface area (Å²) in [5.74, 6) is 7.31. The van der Waals surface area contributed by atoms with E-state index in [9.17, 15) is 0 Å². The Hall–Kier alpha value is -0.380. The molecule has 1 aliphatic rings. The van der Waals surface area contributed by atoms with Gasteiger partial charge in [0.15, 0.2) is 0 Å². The summed E-state index contributed by atoms with van der Waals surface area (Å²) in [4.78, 5) is 0. The molecule has 0 heterocycles. The van der Waals surface area contributed by atoms with Crippen molar-refractivity contribution in [2.45, 2.75) is 45.1 Å². The van der Waals surface area contributed by atoms with E-state index in [1.165, 1.54) is 37.7 Å². The fourth-order valence-corrected chi connectivity index (χ4v) is 3.58. The highest BCUT2D eigenvalue weighted by Crippen LogP contribution is 2.40. The predicted octanol–water partition coefficient (Wildman–Crippen LogP) is 4.17. The molecule has 1 fully saturated rings. The summed E-state index contributed by atoms with van der Waals surface area (Å²) >= 11 is 3.49. The summed E-state index contributed by atoms with van der Waals surface area (Å²) in [6.07, 6.45) is 6.64. The van der Waals surface area contributed by atoms with Crippen LogP contribution in [0.15, 0.2) is 28.7 Å². The summed E-state index contributed by atoms with van der Waals surface area (Å²) in [6.45, 7) is 2.30. The highest BCUT2D eigenvalue weighted by molar-refractivity contribution is 9.10. The summed E-state index contributed by atoms with van der Waals surface area (Å²) < 4.78 is 1.12. The average Bonchev–Trinajstić information content (AvgIpc) is 2.42. The Bertz CT molecular complexity index is 363. The Balaban J connectivity index is 2.18. The molecule has 0 aromatic heterocycles. The molecule has 1 saturated carbocycles. The molecular weight excluding hydrogens is 288 g/mol. The van der Waals surface area contributed by atoms with Crippen molar-refractivity contribution in [3.63, 3.8) is 0 Å². The van der Waals surface area contributed by atoms with Crippen molar-refractivity contribution in [1.82, 2.24) is 5.43 Å². The van der Waals surface area contributed by atoms with Crippen LogP contribution in [0.1, 0.15) is 50.6 Å². The van der Waals surface area contributed by atoms with E-state index < -0.39 is 0 Å². The molecular formula is C15H23BrN2. The molecule has 1 aromatic carbocycles. The van der Waals surface area contributed by atoms with Crippen molar-refractivity contribution in [3.8, 4) is 0 Å². The van der Waals surface area contributed by atoms with E-state index in [4.69, 9.17) is 5.84 Å². The van der Waals surface area contributed by atoms with Gasteiger partial charge in [-0.1, -0.05) is 60.7 Å². The molecule has 3 atom stereocenters. The van der Waals surface area contributed by atoms with Crippen molar-refractivity contribution >= 4 is 15.9 Å². The quantitative estimate of drug-likeness (QED) is 0.647. The third kappa shape index (κ3) is 3.14. The first-order valence-electron chi connectivity index (χ1n) is 6.97. The lowest BCUT2D eigenvalue weighted by Crippen LogP contribution is -2.38. The third-order valence-corrected chi connectivity index (χ3v) is 4.86. The van der Waals surface area contributed by atoms with Crippen LogP contribution in [0.3, 0.4) is 0 Å². The fraction of sp³-hybridized carbons (Fsp3) is 0.600. The molecule has 2 nitrogen and oxygen atoms in total. The van der Waals surface area contributed by atoms with Gasteiger partial charge in [0.05, 0.1) is 0 Å². The lowest BCUT2D eigenvalue weighted by molar-refractivity contribution is 0.176. The van der Waals surface area contributed by atoms with E-state index in [-0.39, 0.29) is 0 Å². The molecule has 100 valence electrons. The van der Waals surface area contributed by atoms with Gasteiger partial charge in [-0.15, -0.1) is 0 Å². The van der Waals surface area contributed by atoms with Crippen molar-refractivity contribution < 1.29 is 0 Å². The summed E-state index contributed by atoms with van der Waals surface area (Å²) in [6, 6.07) is 8.85. The van der Waals surface area contributed by atoms with E-state index in [2.05, 4.69) is 52.5 Å². The van der Waals surface area contributed by atoms with Gasteiger partial charge >= 0.3 is 0 Å². The minimum absolute atomic E-state index is 0.295. The number of halogens is 1. The second kappa shape index (κ2) is 6.69. The van der Waals surface area contributed by atoms with Gasteiger partial charge < -0.3 is 0 Å². The molecule has 0 saturated heterocycles. The molecule has 0 bridgehead atoms. The molecule has 0 radical (unpaired) electrons. The van der Waals surface area contributed by atoms with Crippen LogP contribution in [0.25, 0.3) is 0 Å². The second-order valence-corrected chi connectivity index (χ2v) is 6.23. The monoisotopic (exact) mass is 310 g/mol. The first-order valence-corrected chi connectivity index (χ1v) is 7.77. The topological polar surface area (TPSA) is 38.0 Å². The Kier molecular flexibility index (Phi) is 5.22. The number of hydrogen-bond donors (Lipinski definition) is 2. The van der Waals surface area contributed by atoms with Crippen molar-refractivity contribution in [2.75, 3.05) is 0 Å². The van der Waals surface area contributed by atoms with E-state index in [1.54, 1.807) is 0 Å². The van der Waals surface area contributed by atoms with Crippen LogP contribution in [0.4, 0.5) is 0 Å². The average molecular weight is 311 g/mol. The maximum atomic E-state index is 5.83. The van der Waals surface area contributed by atoms with Crippen molar-refractivity contribution in [1.29, 1.82) is 0 Å². The highest BCUT2D eigenvalue weighted by atomic mass is 79.9. The van der Waals surface area contributed by atoms with Crippen LogP contribution < -0.4 is 11.3 Å². The van der Waals surface area contributed by atoms with Crippen LogP contribution >= 0.6 is 15.9 Å². The molecule has 1 aliphatic carbocycles. The maximum absolute atomic E-state index is 5.83. The molecule has 1 aromatic rings. The van der Waals surface area contributed by atoms with E-state index in [0.717, 1.165) is 10.4 Å². The van der Waals surface area contributed by atoms with Crippen molar-refractivity contribution in [2.24, 2.45) is 17.7 Å².